The van der Waals surface area contributed by atoms with Crippen LogP contribution in [0.2, 0.25) is 0 Å². The fraction of sp³-hybridized carbons (Fsp3) is 0.385. The number of nitrogens with zero attached hydrogens (tertiary/aromatic N) is 1. The summed E-state index contributed by atoms with van der Waals surface area (Å²) in [7, 11) is 0. The first kappa shape index (κ1) is 12.4. The smallest absolute Gasteiger partial charge is 0.242 e. The molecule has 3 N–H and O–H groups in total. The van der Waals surface area contributed by atoms with Gasteiger partial charge >= 0.3 is 0 Å². The van der Waals surface area contributed by atoms with Crippen LogP contribution in [0.3, 0.4) is 0 Å². The number of rotatable bonds is 2. The van der Waals surface area contributed by atoms with Gasteiger partial charge in [-0.15, -0.1) is 0 Å². The van der Waals surface area contributed by atoms with Crippen molar-refractivity contribution in [1.82, 2.24) is 10.2 Å². The molecule has 1 fully saturated rings. The second kappa shape index (κ2) is 5.08. The van der Waals surface area contributed by atoms with Gasteiger partial charge in [-0.05, 0) is 24.6 Å². The Kier molecular flexibility index (Phi) is 3.50. The summed E-state index contributed by atoms with van der Waals surface area (Å²) in [4.78, 5) is 25.2. The van der Waals surface area contributed by atoms with Crippen LogP contribution in [0.1, 0.15) is 12.5 Å². The third kappa shape index (κ3) is 2.61. The average molecular weight is 247 g/mol. The first-order valence-corrected chi connectivity index (χ1v) is 5.99. The van der Waals surface area contributed by atoms with Gasteiger partial charge in [-0.1, -0.05) is 12.1 Å². The zero-order valence-corrected chi connectivity index (χ0v) is 10.3. The molecule has 1 saturated heterocycles. The van der Waals surface area contributed by atoms with E-state index in [-0.39, 0.29) is 18.2 Å². The van der Waals surface area contributed by atoms with E-state index in [4.69, 9.17) is 5.73 Å². The fourth-order valence-electron chi connectivity index (χ4n) is 2.10. The second-order valence-corrected chi connectivity index (χ2v) is 4.48. The number of nitrogens with two attached hydrogens (primary N) is 1. The van der Waals surface area contributed by atoms with Crippen molar-refractivity contribution in [3.63, 3.8) is 0 Å². The van der Waals surface area contributed by atoms with Gasteiger partial charge in [-0.2, -0.15) is 0 Å². The van der Waals surface area contributed by atoms with Crippen molar-refractivity contribution >= 4 is 17.5 Å². The van der Waals surface area contributed by atoms with Gasteiger partial charge in [0.1, 0.15) is 6.04 Å². The molecular weight excluding hydrogens is 230 g/mol. The molecule has 5 heteroatoms. The molecule has 96 valence electrons. The molecule has 1 atom stereocenters. The predicted molar refractivity (Wildman–Crippen MR) is 68.7 cm³/mol. The van der Waals surface area contributed by atoms with E-state index in [9.17, 15) is 9.59 Å². The van der Waals surface area contributed by atoms with Crippen LogP contribution in [0.4, 0.5) is 5.69 Å². The van der Waals surface area contributed by atoms with E-state index in [0.717, 1.165) is 5.56 Å². The minimum atomic E-state index is -0.396. The first-order valence-electron chi connectivity index (χ1n) is 5.99. The Morgan fingerprint density at radius 3 is 3.06 bits per heavy atom. The zero-order chi connectivity index (χ0) is 13.1. The lowest BCUT2D eigenvalue weighted by Gasteiger charge is -2.32. The van der Waals surface area contributed by atoms with Crippen LogP contribution < -0.4 is 11.1 Å². The standard InChI is InChI=1S/C13H17N3O2/c1-9-13(18)15-5-6-16(9)12(17)8-10-3-2-4-11(14)7-10/h2-4,7,9H,5-6,8,14H2,1H3,(H,15,18). The Morgan fingerprint density at radius 1 is 1.56 bits per heavy atom. The highest BCUT2D eigenvalue weighted by molar-refractivity contribution is 5.89. The van der Waals surface area contributed by atoms with Gasteiger partial charge in [-0.3, -0.25) is 9.59 Å². The number of anilines is 1. The molecule has 0 aliphatic carbocycles. The van der Waals surface area contributed by atoms with E-state index in [1.54, 1.807) is 24.0 Å². The number of nitrogen functional groups attached to an aromatic ring is 1. The predicted octanol–water partition coefficient (Wildman–Crippen LogP) is 0.158. The van der Waals surface area contributed by atoms with Crippen LogP contribution >= 0.6 is 0 Å². The van der Waals surface area contributed by atoms with Crippen molar-refractivity contribution in [3.05, 3.63) is 29.8 Å². The maximum absolute atomic E-state index is 12.1. The van der Waals surface area contributed by atoms with Gasteiger partial charge in [0, 0.05) is 18.8 Å². The lowest BCUT2D eigenvalue weighted by Crippen LogP contribution is -2.56. The Labute approximate surface area is 106 Å². The molecule has 0 aromatic heterocycles. The van der Waals surface area contributed by atoms with Crippen molar-refractivity contribution in [1.29, 1.82) is 0 Å². The Morgan fingerprint density at radius 2 is 2.33 bits per heavy atom. The molecule has 1 aliphatic heterocycles. The SMILES string of the molecule is CC1C(=O)NCCN1C(=O)Cc1cccc(N)c1. The van der Waals surface area contributed by atoms with Gasteiger partial charge in [0.2, 0.25) is 11.8 Å². The summed E-state index contributed by atoms with van der Waals surface area (Å²) in [6.07, 6.45) is 0.280. The molecule has 1 heterocycles. The molecule has 0 bridgehead atoms. The number of piperazine rings is 1. The molecule has 5 nitrogen and oxygen atoms in total. The highest BCUT2D eigenvalue weighted by Gasteiger charge is 2.28. The van der Waals surface area contributed by atoms with Crippen molar-refractivity contribution in [2.45, 2.75) is 19.4 Å². The van der Waals surface area contributed by atoms with Gasteiger partial charge < -0.3 is 16.0 Å². The molecule has 1 aromatic rings. The Hall–Kier alpha value is -2.04. The van der Waals surface area contributed by atoms with E-state index in [0.29, 0.717) is 18.8 Å². The zero-order valence-electron chi connectivity index (χ0n) is 10.3. The summed E-state index contributed by atoms with van der Waals surface area (Å²) in [5, 5.41) is 2.74. The summed E-state index contributed by atoms with van der Waals surface area (Å²) in [6, 6.07) is 6.86. The average Bonchev–Trinajstić information content (AvgIpc) is 2.32. The fourth-order valence-corrected chi connectivity index (χ4v) is 2.10. The van der Waals surface area contributed by atoms with E-state index in [1.807, 2.05) is 12.1 Å². The van der Waals surface area contributed by atoms with Crippen molar-refractivity contribution in [2.24, 2.45) is 0 Å². The third-order valence-electron chi connectivity index (χ3n) is 3.13. The topological polar surface area (TPSA) is 75.4 Å². The molecular formula is C13H17N3O2. The van der Waals surface area contributed by atoms with Crippen LogP contribution in [-0.2, 0) is 16.0 Å². The summed E-state index contributed by atoms with van der Waals surface area (Å²) >= 11 is 0. The van der Waals surface area contributed by atoms with Crippen molar-refractivity contribution < 1.29 is 9.59 Å². The van der Waals surface area contributed by atoms with Crippen LogP contribution in [0.15, 0.2) is 24.3 Å². The molecule has 18 heavy (non-hydrogen) atoms. The maximum atomic E-state index is 12.1. The molecule has 0 spiro atoms. The molecule has 1 unspecified atom stereocenters. The van der Waals surface area contributed by atoms with Gasteiger partial charge in [0.15, 0.2) is 0 Å². The summed E-state index contributed by atoms with van der Waals surface area (Å²) < 4.78 is 0. The molecule has 1 aliphatic rings. The van der Waals surface area contributed by atoms with Crippen molar-refractivity contribution in [3.8, 4) is 0 Å². The molecule has 2 amide bonds. The Bertz CT molecular complexity index is 473. The van der Waals surface area contributed by atoms with Gasteiger partial charge in [-0.25, -0.2) is 0 Å². The first-order chi connectivity index (χ1) is 8.58. The maximum Gasteiger partial charge on any atom is 0.242 e. The lowest BCUT2D eigenvalue weighted by atomic mass is 10.1. The van der Waals surface area contributed by atoms with Gasteiger partial charge in [0.05, 0.1) is 6.42 Å². The third-order valence-corrected chi connectivity index (χ3v) is 3.13. The number of hydrogen-bond donors (Lipinski definition) is 2. The van der Waals surface area contributed by atoms with E-state index < -0.39 is 6.04 Å². The molecule has 2 rings (SSSR count). The monoisotopic (exact) mass is 247 g/mol. The molecule has 0 saturated carbocycles. The number of carbonyl (C=O) groups excluding carboxylic acids is 2. The molecule has 0 radical (unpaired) electrons. The summed E-state index contributed by atoms with van der Waals surface area (Å²) in [5.74, 6) is -0.134. The summed E-state index contributed by atoms with van der Waals surface area (Å²) in [6.45, 7) is 2.83. The van der Waals surface area contributed by atoms with Crippen LogP contribution in [0, 0.1) is 0 Å². The van der Waals surface area contributed by atoms with E-state index >= 15 is 0 Å². The van der Waals surface area contributed by atoms with E-state index in [2.05, 4.69) is 5.32 Å². The highest BCUT2D eigenvalue weighted by atomic mass is 16.2. The number of carbonyl (C=O) groups is 2. The number of nitrogens with one attached hydrogen (secondary N) is 1. The minimum Gasteiger partial charge on any atom is -0.399 e. The van der Waals surface area contributed by atoms with Crippen LogP contribution in [-0.4, -0.2) is 35.8 Å². The highest BCUT2D eigenvalue weighted by Crippen LogP contribution is 2.11. The quantitative estimate of drug-likeness (QED) is 0.731. The Balaban J connectivity index is 2.05. The largest absolute Gasteiger partial charge is 0.399 e. The van der Waals surface area contributed by atoms with Crippen LogP contribution in [0.25, 0.3) is 0 Å². The van der Waals surface area contributed by atoms with Crippen LogP contribution in [0.5, 0.6) is 0 Å². The number of amides is 2. The second-order valence-electron chi connectivity index (χ2n) is 4.48. The lowest BCUT2D eigenvalue weighted by molar-refractivity contribution is -0.142. The number of benzene rings is 1. The number of hydrogen-bond acceptors (Lipinski definition) is 3. The normalized spacial score (nSPS) is 19.5. The van der Waals surface area contributed by atoms with E-state index in [1.165, 1.54) is 0 Å². The molecule has 1 aromatic carbocycles. The minimum absolute atomic E-state index is 0.0389. The van der Waals surface area contributed by atoms with Crippen molar-refractivity contribution in [2.75, 3.05) is 18.8 Å². The summed E-state index contributed by atoms with van der Waals surface area (Å²) in [5.41, 5.74) is 7.19. The van der Waals surface area contributed by atoms with Gasteiger partial charge in [0.25, 0.3) is 0 Å².